The molecule has 0 aromatic carbocycles. The topological polar surface area (TPSA) is 71.0 Å². The van der Waals surface area contributed by atoms with Crippen molar-refractivity contribution in [2.75, 3.05) is 18.0 Å². The second kappa shape index (κ2) is 6.70. The van der Waals surface area contributed by atoms with Crippen LogP contribution in [0.5, 0.6) is 0 Å². The molecule has 114 valence electrons. The second-order valence-corrected chi connectivity index (χ2v) is 5.61. The highest BCUT2D eigenvalue weighted by Crippen LogP contribution is 2.17. The van der Waals surface area contributed by atoms with Gasteiger partial charge in [0.05, 0.1) is 23.0 Å². The quantitative estimate of drug-likeness (QED) is 0.936. The van der Waals surface area contributed by atoms with Gasteiger partial charge in [0.1, 0.15) is 0 Å². The van der Waals surface area contributed by atoms with E-state index in [0.29, 0.717) is 16.5 Å². The van der Waals surface area contributed by atoms with Crippen molar-refractivity contribution in [2.45, 2.75) is 18.9 Å². The SMILES string of the molecule is O=C(NC1CCN(c2ncc(Cl)cn2)CC1)c1cccnc1. The summed E-state index contributed by atoms with van der Waals surface area (Å²) >= 11 is 5.79. The molecular formula is C15H16ClN5O. The van der Waals surface area contributed by atoms with Crippen LogP contribution in [0.3, 0.4) is 0 Å². The van der Waals surface area contributed by atoms with E-state index in [1.165, 1.54) is 0 Å². The molecule has 0 saturated carbocycles. The molecule has 1 amide bonds. The zero-order valence-corrected chi connectivity index (χ0v) is 12.7. The van der Waals surface area contributed by atoms with Gasteiger partial charge in [-0.05, 0) is 25.0 Å². The van der Waals surface area contributed by atoms with E-state index in [1.807, 2.05) is 0 Å². The van der Waals surface area contributed by atoms with Crippen molar-refractivity contribution in [1.29, 1.82) is 0 Å². The van der Waals surface area contributed by atoms with Crippen molar-refractivity contribution in [3.63, 3.8) is 0 Å². The smallest absolute Gasteiger partial charge is 0.253 e. The third kappa shape index (κ3) is 3.51. The Morgan fingerprint density at radius 1 is 1.23 bits per heavy atom. The Bertz CT molecular complexity index is 626. The van der Waals surface area contributed by atoms with E-state index in [2.05, 4.69) is 25.2 Å². The first kappa shape index (κ1) is 14.7. The van der Waals surface area contributed by atoms with Gasteiger partial charge in [-0.3, -0.25) is 9.78 Å². The zero-order valence-electron chi connectivity index (χ0n) is 11.9. The average Bonchev–Trinajstić information content (AvgIpc) is 2.57. The van der Waals surface area contributed by atoms with Crippen LogP contribution in [0, 0.1) is 0 Å². The molecule has 0 bridgehead atoms. The van der Waals surface area contributed by atoms with Gasteiger partial charge in [-0.1, -0.05) is 11.6 Å². The molecule has 7 heteroatoms. The van der Waals surface area contributed by atoms with Crippen LogP contribution in [0.1, 0.15) is 23.2 Å². The minimum absolute atomic E-state index is 0.0747. The van der Waals surface area contributed by atoms with Gasteiger partial charge in [-0.25, -0.2) is 9.97 Å². The molecule has 1 aliphatic rings. The maximum atomic E-state index is 12.1. The summed E-state index contributed by atoms with van der Waals surface area (Å²) in [6, 6.07) is 3.69. The summed E-state index contributed by atoms with van der Waals surface area (Å²) in [6.45, 7) is 1.61. The van der Waals surface area contributed by atoms with Gasteiger partial charge >= 0.3 is 0 Å². The summed E-state index contributed by atoms with van der Waals surface area (Å²) in [5.41, 5.74) is 0.589. The van der Waals surface area contributed by atoms with E-state index in [4.69, 9.17) is 11.6 Å². The summed E-state index contributed by atoms with van der Waals surface area (Å²) in [5.74, 6) is 0.607. The normalized spacial score (nSPS) is 15.6. The molecule has 0 atom stereocenters. The summed E-state index contributed by atoms with van der Waals surface area (Å²) in [6.07, 6.45) is 8.14. The molecule has 3 heterocycles. The van der Waals surface area contributed by atoms with Crippen LogP contribution in [0.4, 0.5) is 5.95 Å². The van der Waals surface area contributed by atoms with Gasteiger partial charge in [-0.15, -0.1) is 0 Å². The number of carbonyl (C=O) groups excluding carboxylic acids is 1. The van der Waals surface area contributed by atoms with Gasteiger partial charge in [0.2, 0.25) is 5.95 Å². The van der Waals surface area contributed by atoms with Crippen LogP contribution in [-0.2, 0) is 0 Å². The van der Waals surface area contributed by atoms with Crippen molar-refractivity contribution in [3.8, 4) is 0 Å². The lowest BCUT2D eigenvalue weighted by Gasteiger charge is -2.32. The maximum Gasteiger partial charge on any atom is 0.253 e. The first-order chi connectivity index (χ1) is 10.7. The summed E-state index contributed by atoms with van der Waals surface area (Å²) < 4.78 is 0. The van der Waals surface area contributed by atoms with Crippen molar-refractivity contribution in [3.05, 3.63) is 47.5 Å². The number of anilines is 1. The predicted octanol–water partition coefficient (Wildman–Crippen LogP) is 1.92. The molecular weight excluding hydrogens is 302 g/mol. The highest BCUT2D eigenvalue weighted by Gasteiger charge is 2.22. The van der Waals surface area contributed by atoms with Crippen LogP contribution in [0.2, 0.25) is 5.02 Å². The van der Waals surface area contributed by atoms with Crippen molar-refractivity contribution in [1.82, 2.24) is 20.3 Å². The van der Waals surface area contributed by atoms with Gasteiger partial charge in [0, 0.05) is 31.5 Å². The number of carbonyl (C=O) groups is 1. The maximum absolute atomic E-state index is 12.1. The van der Waals surface area contributed by atoms with Crippen LogP contribution in [-0.4, -0.2) is 40.0 Å². The fourth-order valence-electron chi connectivity index (χ4n) is 2.46. The minimum Gasteiger partial charge on any atom is -0.349 e. The van der Waals surface area contributed by atoms with E-state index < -0.39 is 0 Å². The Hall–Kier alpha value is -2.21. The van der Waals surface area contributed by atoms with Crippen molar-refractivity contribution in [2.24, 2.45) is 0 Å². The molecule has 0 aliphatic carbocycles. The third-order valence-electron chi connectivity index (χ3n) is 3.64. The Balaban J connectivity index is 1.53. The molecule has 0 spiro atoms. The number of hydrogen-bond donors (Lipinski definition) is 1. The molecule has 0 radical (unpaired) electrons. The lowest BCUT2D eigenvalue weighted by atomic mass is 10.0. The lowest BCUT2D eigenvalue weighted by Crippen LogP contribution is -2.45. The molecule has 6 nitrogen and oxygen atoms in total. The minimum atomic E-state index is -0.0747. The van der Waals surface area contributed by atoms with Crippen LogP contribution in [0.25, 0.3) is 0 Å². The monoisotopic (exact) mass is 317 g/mol. The molecule has 2 aromatic heterocycles. The summed E-state index contributed by atoms with van der Waals surface area (Å²) in [4.78, 5) is 26.6. The molecule has 1 saturated heterocycles. The molecule has 0 unspecified atom stereocenters. The number of pyridine rings is 1. The van der Waals surface area contributed by atoms with Crippen molar-refractivity contribution < 1.29 is 4.79 Å². The Kier molecular flexibility index (Phi) is 4.48. The van der Waals surface area contributed by atoms with E-state index in [-0.39, 0.29) is 11.9 Å². The number of rotatable bonds is 3. The van der Waals surface area contributed by atoms with E-state index in [0.717, 1.165) is 25.9 Å². The van der Waals surface area contributed by atoms with Gasteiger partial charge < -0.3 is 10.2 Å². The van der Waals surface area contributed by atoms with Crippen molar-refractivity contribution >= 4 is 23.5 Å². The Morgan fingerprint density at radius 3 is 2.59 bits per heavy atom. The predicted molar refractivity (Wildman–Crippen MR) is 84.0 cm³/mol. The molecule has 2 aromatic rings. The van der Waals surface area contributed by atoms with Gasteiger partial charge in [0.25, 0.3) is 5.91 Å². The number of amides is 1. The Labute approximate surface area is 133 Å². The molecule has 1 N–H and O–H groups in total. The van der Waals surface area contributed by atoms with E-state index in [9.17, 15) is 4.79 Å². The number of nitrogens with zero attached hydrogens (tertiary/aromatic N) is 4. The van der Waals surface area contributed by atoms with Crippen LogP contribution < -0.4 is 10.2 Å². The molecule has 1 fully saturated rings. The number of nitrogens with one attached hydrogen (secondary N) is 1. The molecule has 22 heavy (non-hydrogen) atoms. The van der Waals surface area contributed by atoms with E-state index in [1.54, 1.807) is 36.9 Å². The van der Waals surface area contributed by atoms with E-state index >= 15 is 0 Å². The highest BCUT2D eigenvalue weighted by atomic mass is 35.5. The van der Waals surface area contributed by atoms with Gasteiger partial charge in [-0.2, -0.15) is 0 Å². The Morgan fingerprint density at radius 2 is 1.95 bits per heavy atom. The molecule has 1 aliphatic heterocycles. The first-order valence-corrected chi connectivity index (χ1v) is 7.53. The van der Waals surface area contributed by atoms with Gasteiger partial charge in [0.15, 0.2) is 0 Å². The summed E-state index contributed by atoms with van der Waals surface area (Å²) in [5, 5.41) is 3.58. The number of halogens is 1. The fourth-order valence-corrected chi connectivity index (χ4v) is 2.56. The third-order valence-corrected chi connectivity index (χ3v) is 3.84. The number of piperidine rings is 1. The molecule has 3 rings (SSSR count). The summed E-state index contributed by atoms with van der Waals surface area (Å²) in [7, 11) is 0. The highest BCUT2D eigenvalue weighted by molar-refractivity contribution is 6.30. The lowest BCUT2D eigenvalue weighted by molar-refractivity contribution is 0.0930. The zero-order chi connectivity index (χ0) is 15.4. The standard InChI is InChI=1S/C15H16ClN5O/c16-12-9-18-15(19-10-12)21-6-3-13(4-7-21)20-14(22)11-2-1-5-17-8-11/h1-2,5,8-10,13H,3-4,6-7H2,(H,20,22). The average molecular weight is 318 g/mol. The second-order valence-electron chi connectivity index (χ2n) is 5.18. The number of hydrogen-bond acceptors (Lipinski definition) is 5. The first-order valence-electron chi connectivity index (χ1n) is 7.16. The largest absolute Gasteiger partial charge is 0.349 e. The fraction of sp³-hybridized carbons (Fsp3) is 0.333. The van der Waals surface area contributed by atoms with Crippen LogP contribution in [0.15, 0.2) is 36.9 Å². The van der Waals surface area contributed by atoms with Crippen LogP contribution >= 0.6 is 11.6 Å². The number of aromatic nitrogens is 3.